The molecule has 0 aliphatic rings. The van der Waals surface area contributed by atoms with Crippen LogP contribution in [0.5, 0.6) is 0 Å². The number of aliphatic carboxylic acids is 3. The highest BCUT2D eigenvalue weighted by atomic mass is 16.4. The van der Waals surface area contributed by atoms with Crippen molar-refractivity contribution < 1.29 is 34.2 Å². The highest BCUT2D eigenvalue weighted by molar-refractivity contribution is 5.72. The Morgan fingerprint density at radius 3 is 1.31 bits per heavy atom. The molecule has 0 bridgehead atoms. The van der Waals surface area contributed by atoms with Gasteiger partial charge in [0.05, 0.1) is 12.5 Å². The second-order valence-corrected chi connectivity index (χ2v) is 10.1. The molecule has 0 saturated carbocycles. The van der Waals surface area contributed by atoms with Gasteiger partial charge in [0.2, 0.25) is 0 Å². The van der Waals surface area contributed by atoms with E-state index >= 15 is 0 Å². The van der Waals surface area contributed by atoms with Gasteiger partial charge in [-0.1, -0.05) is 116 Å². The summed E-state index contributed by atoms with van der Waals surface area (Å²) in [5.41, 5.74) is 0. The Kier molecular flexibility index (Phi) is 21.3. The summed E-state index contributed by atoms with van der Waals surface area (Å²) in [6.07, 6.45) is 26.9. The molecule has 0 aliphatic heterocycles. The molecule has 0 aliphatic carbocycles. The zero-order chi connectivity index (χ0) is 26.2. The molecule has 0 aromatic heterocycles. The van der Waals surface area contributed by atoms with E-state index in [1.165, 1.54) is 96.3 Å². The quantitative estimate of drug-likeness (QED) is 0.0949. The lowest BCUT2D eigenvalue weighted by Gasteiger charge is -2.35. The Morgan fingerprint density at radius 2 is 0.971 bits per heavy atom. The SMILES string of the molecule is CCCCCCCCCCCCCCCCCCC/C=C/C[N+](CC(=O)[O-])(CC(=O)O)CC(=O)O. The number of carbonyl (C=O) groups excluding carboxylic acids is 1. The number of carboxylic acid groups (broad SMARTS) is 3. The highest BCUT2D eigenvalue weighted by Gasteiger charge is 2.32. The van der Waals surface area contributed by atoms with Crippen molar-refractivity contribution in [2.24, 2.45) is 0 Å². The highest BCUT2D eigenvalue weighted by Crippen LogP contribution is 2.14. The molecular formula is C28H51NO6. The fourth-order valence-electron chi connectivity index (χ4n) is 4.61. The van der Waals surface area contributed by atoms with Crippen molar-refractivity contribution >= 4 is 17.9 Å². The molecule has 0 radical (unpaired) electrons. The van der Waals surface area contributed by atoms with Crippen LogP contribution in [0.15, 0.2) is 12.2 Å². The van der Waals surface area contributed by atoms with Crippen LogP contribution in [0.25, 0.3) is 0 Å². The Labute approximate surface area is 213 Å². The fourth-order valence-corrected chi connectivity index (χ4v) is 4.61. The lowest BCUT2D eigenvalue weighted by Crippen LogP contribution is -2.58. The molecule has 2 N–H and O–H groups in total. The number of hydrogen-bond acceptors (Lipinski definition) is 4. The first-order valence-electron chi connectivity index (χ1n) is 13.9. The summed E-state index contributed by atoms with van der Waals surface area (Å²) in [5.74, 6) is -3.91. The van der Waals surface area contributed by atoms with Gasteiger partial charge in [-0.25, -0.2) is 9.59 Å². The molecule has 0 fully saturated rings. The van der Waals surface area contributed by atoms with Crippen LogP contribution in [-0.2, 0) is 14.4 Å². The maximum atomic E-state index is 11.1. The van der Waals surface area contributed by atoms with Gasteiger partial charge in [-0.3, -0.25) is 4.48 Å². The zero-order valence-electron chi connectivity index (χ0n) is 22.2. The monoisotopic (exact) mass is 497 g/mol. The zero-order valence-corrected chi connectivity index (χ0v) is 22.2. The number of quaternary nitrogens is 1. The molecule has 0 aromatic rings. The van der Waals surface area contributed by atoms with Crippen LogP contribution in [0.3, 0.4) is 0 Å². The predicted octanol–water partition coefficient (Wildman–Crippen LogP) is 5.32. The van der Waals surface area contributed by atoms with Crippen LogP contribution in [-0.4, -0.2) is 58.8 Å². The molecular weight excluding hydrogens is 446 g/mol. The van der Waals surface area contributed by atoms with E-state index in [1.807, 2.05) is 6.08 Å². The third-order valence-corrected chi connectivity index (χ3v) is 6.54. The second kappa shape index (κ2) is 22.6. The van der Waals surface area contributed by atoms with Crippen molar-refractivity contribution in [2.45, 2.75) is 122 Å². The van der Waals surface area contributed by atoms with Crippen LogP contribution in [0.4, 0.5) is 0 Å². The van der Waals surface area contributed by atoms with Crippen molar-refractivity contribution in [3.63, 3.8) is 0 Å². The molecule has 204 valence electrons. The van der Waals surface area contributed by atoms with Gasteiger partial charge in [-0.2, -0.15) is 0 Å². The maximum absolute atomic E-state index is 11.1. The standard InChI is InChI=1S/C28H51NO6/c1-2-3-4-5-6-7-8-9-10-11-12-13-14-15-16-17-18-19-20-21-22-29(23-26(30)31,24-27(32)33)25-28(34)35/h20-21H,2-19,22-25H2,1H3,(H2-,30,31,32,33,34,35)/b21-20+. The number of allylic oxidation sites excluding steroid dienone is 1. The van der Waals surface area contributed by atoms with E-state index in [9.17, 15) is 19.5 Å². The van der Waals surface area contributed by atoms with Gasteiger partial charge < -0.3 is 20.1 Å². The Morgan fingerprint density at radius 1 is 0.600 bits per heavy atom. The van der Waals surface area contributed by atoms with Crippen LogP contribution < -0.4 is 5.11 Å². The number of hydrogen-bond donors (Lipinski definition) is 2. The molecule has 0 atom stereocenters. The third-order valence-electron chi connectivity index (χ3n) is 6.54. The normalized spacial score (nSPS) is 11.8. The van der Waals surface area contributed by atoms with E-state index in [0.29, 0.717) is 0 Å². The summed E-state index contributed by atoms with van der Waals surface area (Å²) < 4.78 is -0.581. The molecule has 0 aromatic carbocycles. The van der Waals surface area contributed by atoms with Crippen LogP contribution in [0, 0.1) is 0 Å². The number of unbranched alkanes of at least 4 members (excludes halogenated alkanes) is 17. The van der Waals surface area contributed by atoms with E-state index in [0.717, 1.165) is 19.3 Å². The van der Waals surface area contributed by atoms with Crippen molar-refractivity contribution in [2.75, 3.05) is 26.2 Å². The van der Waals surface area contributed by atoms with Crippen LogP contribution in [0.1, 0.15) is 122 Å². The number of rotatable bonds is 26. The van der Waals surface area contributed by atoms with Gasteiger partial charge in [0.15, 0.2) is 13.1 Å². The largest absolute Gasteiger partial charge is 0.544 e. The van der Waals surface area contributed by atoms with Gasteiger partial charge in [0, 0.05) is 0 Å². The van der Waals surface area contributed by atoms with Crippen molar-refractivity contribution in [1.29, 1.82) is 0 Å². The van der Waals surface area contributed by atoms with Crippen LogP contribution >= 0.6 is 0 Å². The molecule has 35 heavy (non-hydrogen) atoms. The predicted molar refractivity (Wildman–Crippen MR) is 138 cm³/mol. The van der Waals surface area contributed by atoms with Crippen LogP contribution in [0.2, 0.25) is 0 Å². The van der Waals surface area contributed by atoms with E-state index in [-0.39, 0.29) is 6.54 Å². The number of nitrogens with zero attached hydrogens (tertiary/aromatic N) is 1. The Hall–Kier alpha value is -1.89. The summed E-state index contributed by atoms with van der Waals surface area (Å²) in [6.45, 7) is 0.540. The Bertz CT molecular complexity index is 549. The average Bonchev–Trinajstić information content (AvgIpc) is 2.76. The molecule has 0 unspecified atom stereocenters. The summed E-state index contributed by atoms with van der Waals surface area (Å²) in [6, 6.07) is 0. The van der Waals surface area contributed by atoms with Gasteiger partial charge in [0.25, 0.3) is 0 Å². The minimum Gasteiger partial charge on any atom is -0.544 e. The van der Waals surface area contributed by atoms with Crippen molar-refractivity contribution in [3.05, 3.63) is 12.2 Å². The van der Waals surface area contributed by atoms with Crippen molar-refractivity contribution in [1.82, 2.24) is 0 Å². The lowest BCUT2D eigenvalue weighted by atomic mass is 10.0. The minimum atomic E-state index is -1.45. The first kappa shape index (κ1) is 33.1. The summed E-state index contributed by atoms with van der Waals surface area (Å²) >= 11 is 0. The summed E-state index contributed by atoms with van der Waals surface area (Å²) in [7, 11) is 0. The molecule has 0 heterocycles. The maximum Gasteiger partial charge on any atom is 0.359 e. The van der Waals surface area contributed by atoms with E-state index in [2.05, 4.69) is 6.92 Å². The van der Waals surface area contributed by atoms with E-state index in [4.69, 9.17) is 10.2 Å². The molecule has 0 amide bonds. The smallest absolute Gasteiger partial charge is 0.359 e. The van der Waals surface area contributed by atoms with Gasteiger partial charge in [0.1, 0.15) is 6.54 Å². The summed E-state index contributed by atoms with van der Waals surface area (Å²) in [5, 5.41) is 29.2. The van der Waals surface area contributed by atoms with Gasteiger partial charge >= 0.3 is 11.9 Å². The van der Waals surface area contributed by atoms with Crippen molar-refractivity contribution in [3.8, 4) is 0 Å². The molecule has 7 nitrogen and oxygen atoms in total. The number of carbonyl (C=O) groups is 3. The van der Waals surface area contributed by atoms with Gasteiger partial charge in [-0.05, 0) is 18.9 Å². The first-order valence-corrected chi connectivity index (χ1v) is 13.9. The molecule has 0 saturated heterocycles. The van der Waals surface area contributed by atoms with E-state index in [1.54, 1.807) is 6.08 Å². The summed E-state index contributed by atoms with van der Waals surface area (Å²) in [4.78, 5) is 33.3. The van der Waals surface area contributed by atoms with E-state index < -0.39 is 42.0 Å². The fraction of sp³-hybridized carbons (Fsp3) is 0.821. The lowest BCUT2D eigenvalue weighted by molar-refractivity contribution is -0.903. The molecule has 0 rings (SSSR count). The number of carboxylic acids is 3. The second-order valence-electron chi connectivity index (χ2n) is 10.1. The molecule has 7 heteroatoms. The minimum absolute atomic E-state index is 0.0472. The third kappa shape index (κ3) is 22.3. The molecule has 0 spiro atoms. The Balaban J connectivity index is 3.76. The topological polar surface area (TPSA) is 115 Å². The van der Waals surface area contributed by atoms with Gasteiger partial charge in [-0.15, -0.1) is 0 Å². The average molecular weight is 498 g/mol. The first-order chi connectivity index (χ1) is 16.8.